The zero-order chi connectivity index (χ0) is 17.9. The van der Waals surface area contributed by atoms with Crippen molar-refractivity contribution in [2.75, 3.05) is 6.54 Å². The Morgan fingerprint density at radius 3 is 2.60 bits per heavy atom. The predicted molar refractivity (Wildman–Crippen MR) is 103 cm³/mol. The fraction of sp³-hybridized carbons (Fsp3) is 0.316. The molecule has 25 heavy (non-hydrogen) atoms. The van der Waals surface area contributed by atoms with Crippen LogP contribution in [-0.4, -0.2) is 29.6 Å². The number of pyridine rings is 1. The monoisotopic (exact) mass is 355 g/mol. The van der Waals surface area contributed by atoms with Crippen molar-refractivity contribution in [1.82, 2.24) is 10.3 Å². The fourth-order valence-electron chi connectivity index (χ4n) is 2.88. The number of hydrogen-bond acceptors (Lipinski definition) is 5. The van der Waals surface area contributed by atoms with E-state index in [0.717, 1.165) is 17.0 Å². The van der Waals surface area contributed by atoms with E-state index >= 15 is 0 Å². The maximum absolute atomic E-state index is 6.20. The van der Waals surface area contributed by atoms with Crippen molar-refractivity contribution in [2.45, 2.75) is 31.5 Å². The first-order valence-corrected chi connectivity index (χ1v) is 8.68. The van der Waals surface area contributed by atoms with Gasteiger partial charge in [0.1, 0.15) is 5.84 Å². The van der Waals surface area contributed by atoms with Crippen LogP contribution in [0.1, 0.15) is 31.1 Å². The number of hydrogen-bond donors (Lipinski definition) is 2. The van der Waals surface area contributed by atoms with Gasteiger partial charge in [0, 0.05) is 41.8 Å². The normalized spacial score (nSPS) is 22.8. The van der Waals surface area contributed by atoms with Crippen LogP contribution in [-0.2, 0) is 5.41 Å². The van der Waals surface area contributed by atoms with Gasteiger partial charge in [-0.15, -0.1) is 0 Å². The minimum Gasteiger partial charge on any atom is -0.370 e. The van der Waals surface area contributed by atoms with Crippen LogP contribution >= 0.6 is 11.6 Å². The Morgan fingerprint density at radius 2 is 2.00 bits per heavy atom. The van der Waals surface area contributed by atoms with Gasteiger partial charge in [0.15, 0.2) is 6.17 Å². The van der Waals surface area contributed by atoms with Gasteiger partial charge in [0.2, 0.25) is 0 Å². The molecule has 0 aliphatic carbocycles. The summed E-state index contributed by atoms with van der Waals surface area (Å²) in [4.78, 5) is 13.7. The molecule has 2 aromatic rings. The number of rotatable bonds is 4. The first-order chi connectivity index (χ1) is 12.0. The van der Waals surface area contributed by atoms with E-state index in [0.29, 0.717) is 11.6 Å². The van der Waals surface area contributed by atoms with E-state index in [-0.39, 0.29) is 12.2 Å². The smallest absolute Gasteiger partial charge is 0.168 e. The number of aromatic nitrogens is 1. The van der Waals surface area contributed by atoms with Crippen molar-refractivity contribution in [3.8, 4) is 0 Å². The van der Waals surface area contributed by atoms with E-state index in [2.05, 4.69) is 29.1 Å². The average molecular weight is 356 g/mol. The fourth-order valence-corrected chi connectivity index (χ4v) is 3.01. The van der Waals surface area contributed by atoms with Gasteiger partial charge in [-0.2, -0.15) is 0 Å². The number of benzene rings is 1. The summed E-state index contributed by atoms with van der Waals surface area (Å²) in [7, 11) is 0. The Kier molecular flexibility index (Phi) is 5.16. The van der Waals surface area contributed by atoms with E-state index < -0.39 is 5.41 Å². The molecule has 0 radical (unpaired) electrons. The van der Waals surface area contributed by atoms with E-state index in [1.54, 1.807) is 12.4 Å². The molecule has 3 N–H and O–H groups in total. The van der Waals surface area contributed by atoms with Crippen molar-refractivity contribution in [1.29, 1.82) is 0 Å². The summed E-state index contributed by atoms with van der Waals surface area (Å²) in [6.45, 7) is 4.52. The lowest BCUT2D eigenvalue weighted by Gasteiger charge is -2.36. The van der Waals surface area contributed by atoms with Crippen molar-refractivity contribution in [2.24, 2.45) is 15.7 Å². The Labute approximate surface area is 153 Å². The summed E-state index contributed by atoms with van der Waals surface area (Å²) in [6.07, 6.45) is 5.12. The number of nitrogens with zero attached hydrogens (tertiary/aromatic N) is 3. The van der Waals surface area contributed by atoms with E-state index in [4.69, 9.17) is 22.3 Å². The molecule has 5 nitrogen and oxygen atoms in total. The van der Waals surface area contributed by atoms with Gasteiger partial charge < -0.3 is 11.1 Å². The summed E-state index contributed by atoms with van der Waals surface area (Å²) >= 11 is 6.05. The third kappa shape index (κ3) is 3.57. The minimum absolute atomic E-state index is 0.220. The highest BCUT2D eigenvalue weighted by Crippen LogP contribution is 2.31. The van der Waals surface area contributed by atoms with Crippen molar-refractivity contribution < 1.29 is 0 Å². The second-order valence-electron chi connectivity index (χ2n) is 6.40. The summed E-state index contributed by atoms with van der Waals surface area (Å²) in [5.41, 5.74) is 7.57. The van der Waals surface area contributed by atoms with Crippen LogP contribution in [0.25, 0.3) is 0 Å². The van der Waals surface area contributed by atoms with Gasteiger partial charge in [-0.05, 0) is 37.6 Å². The van der Waals surface area contributed by atoms with E-state index in [1.165, 1.54) is 0 Å². The first-order valence-electron chi connectivity index (χ1n) is 8.30. The van der Waals surface area contributed by atoms with Gasteiger partial charge >= 0.3 is 0 Å². The SMILES string of the molecule is CC(C)NC1=NC(c2cccnc2)N=CC1(CN)c1ccc(Cl)cc1. The summed E-state index contributed by atoms with van der Waals surface area (Å²) in [5, 5.41) is 4.15. The average Bonchev–Trinajstić information content (AvgIpc) is 2.63. The van der Waals surface area contributed by atoms with Gasteiger partial charge in [0.25, 0.3) is 0 Å². The van der Waals surface area contributed by atoms with Crippen molar-refractivity contribution in [3.05, 3.63) is 64.9 Å². The predicted octanol–water partition coefficient (Wildman–Crippen LogP) is 3.11. The van der Waals surface area contributed by atoms with Crippen LogP contribution in [0, 0.1) is 0 Å². The minimum atomic E-state index is -0.590. The molecule has 1 aliphatic rings. The highest BCUT2D eigenvalue weighted by molar-refractivity contribution is 6.30. The molecule has 2 unspecified atom stereocenters. The molecule has 1 aliphatic heterocycles. The highest BCUT2D eigenvalue weighted by Gasteiger charge is 2.39. The molecule has 2 heterocycles. The molecule has 0 amide bonds. The lowest BCUT2D eigenvalue weighted by atomic mass is 9.79. The molecule has 0 spiro atoms. The van der Waals surface area contributed by atoms with Crippen LogP contribution in [0.5, 0.6) is 0 Å². The van der Waals surface area contributed by atoms with Crippen LogP contribution in [0.3, 0.4) is 0 Å². The second-order valence-corrected chi connectivity index (χ2v) is 6.83. The van der Waals surface area contributed by atoms with Gasteiger partial charge in [-0.3, -0.25) is 9.98 Å². The Morgan fingerprint density at radius 1 is 1.24 bits per heavy atom. The molecule has 1 aromatic heterocycles. The Bertz CT molecular complexity index is 770. The van der Waals surface area contributed by atoms with E-state index in [9.17, 15) is 0 Å². The van der Waals surface area contributed by atoms with Crippen molar-refractivity contribution >= 4 is 23.7 Å². The third-order valence-electron chi connectivity index (χ3n) is 4.20. The van der Waals surface area contributed by atoms with Gasteiger partial charge in [-0.1, -0.05) is 29.8 Å². The zero-order valence-electron chi connectivity index (χ0n) is 14.4. The van der Waals surface area contributed by atoms with E-state index in [1.807, 2.05) is 42.6 Å². The molecule has 6 heteroatoms. The van der Waals surface area contributed by atoms with Crippen molar-refractivity contribution in [3.63, 3.8) is 0 Å². The zero-order valence-corrected chi connectivity index (χ0v) is 15.1. The number of nitrogens with one attached hydrogen (secondary N) is 1. The summed E-state index contributed by atoms with van der Waals surface area (Å²) in [5.74, 6) is 0.816. The summed E-state index contributed by atoms with van der Waals surface area (Å²) in [6, 6.07) is 11.8. The maximum Gasteiger partial charge on any atom is 0.168 e. The molecular weight excluding hydrogens is 334 g/mol. The number of aliphatic imine (C=N–C) groups is 2. The lowest BCUT2D eigenvalue weighted by Crippen LogP contribution is -2.54. The number of nitrogens with two attached hydrogens (primary N) is 1. The molecule has 1 aromatic carbocycles. The first kappa shape index (κ1) is 17.6. The maximum atomic E-state index is 6.20. The topological polar surface area (TPSA) is 75.7 Å². The van der Waals surface area contributed by atoms with Gasteiger partial charge in [-0.25, -0.2) is 4.99 Å². The molecule has 3 rings (SSSR count). The molecule has 0 saturated heterocycles. The molecule has 0 saturated carbocycles. The Balaban J connectivity index is 2.06. The van der Waals surface area contributed by atoms with Crippen LogP contribution in [0.15, 0.2) is 58.8 Å². The molecular formula is C19H22ClN5. The number of halogens is 1. The summed E-state index contributed by atoms with van der Waals surface area (Å²) < 4.78 is 0. The van der Waals surface area contributed by atoms with Crippen LogP contribution in [0.4, 0.5) is 0 Å². The second kappa shape index (κ2) is 7.33. The molecule has 2 atom stereocenters. The number of amidine groups is 1. The van der Waals surface area contributed by atoms with Crippen LogP contribution < -0.4 is 11.1 Å². The molecule has 130 valence electrons. The molecule has 0 bridgehead atoms. The van der Waals surface area contributed by atoms with Gasteiger partial charge in [0.05, 0.1) is 5.41 Å². The molecule has 0 fully saturated rings. The quantitative estimate of drug-likeness (QED) is 0.884. The highest BCUT2D eigenvalue weighted by atomic mass is 35.5. The third-order valence-corrected chi connectivity index (χ3v) is 4.45. The largest absolute Gasteiger partial charge is 0.370 e. The standard InChI is InChI=1S/C19H22ClN5/c1-13(2)24-18-19(11-21,15-5-7-16(20)8-6-15)12-23-17(25-18)14-4-3-9-22-10-14/h3-10,12-13,17H,11,21H2,1-2H3,(H,24,25). The van der Waals surface area contributed by atoms with Crippen LogP contribution in [0.2, 0.25) is 5.02 Å². The Hall–Kier alpha value is -2.24. The lowest BCUT2D eigenvalue weighted by molar-refractivity contribution is 0.625.